The largest absolute Gasteiger partial charge is 0.390 e. The van der Waals surface area contributed by atoms with Gasteiger partial charge in [0.15, 0.2) is 0 Å². The number of nitrogens with zero attached hydrogens (tertiary/aromatic N) is 3. The monoisotopic (exact) mass is 417 g/mol. The molecule has 28 heavy (non-hydrogen) atoms. The lowest BCUT2D eigenvalue weighted by Gasteiger charge is -2.43. The van der Waals surface area contributed by atoms with Crippen LogP contribution in [0.1, 0.15) is 57.3 Å². The van der Waals surface area contributed by atoms with Gasteiger partial charge >= 0.3 is 0 Å². The van der Waals surface area contributed by atoms with E-state index in [0.717, 1.165) is 31.7 Å². The van der Waals surface area contributed by atoms with Crippen molar-refractivity contribution in [2.24, 2.45) is 0 Å². The number of hydrogen-bond acceptors (Lipinski definition) is 5. The lowest BCUT2D eigenvalue weighted by molar-refractivity contribution is -0.00995. The molecule has 0 bridgehead atoms. The average Bonchev–Trinajstić information content (AvgIpc) is 2.67. The molecule has 1 aliphatic heterocycles. The minimum atomic E-state index is -3.76. The third-order valence-corrected chi connectivity index (χ3v) is 7.92. The maximum atomic E-state index is 13.1. The van der Waals surface area contributed by atoms with Crippen molar-refractivity contribution >= 4 is 10.0 Å². The van der Waals surface area contributed by atoms with E-state index in [4.69, 9.17) is 0 Å². The molecule has 2 aliphatic rings. The summed E-state index contributed by atoms with van der Waals surface area (Å²) in [6.45, 7) is 5.59. The first-order valence-corrected chi connectivity index (χ1v) is 11.3. The standard InChI is InChI=1S/C19H29F2N3O3S/c1-3-15-17(5-4-16(22-15)18(20)21)28(26,27)24-12-10-23(11-13-24)14-6-8-19(2,25)9-7-14/h4-5,14,18,25H,3,6-13H2,1-2H3/t14-,19-. The number of aryl methyl sites for hydroxylation is 1. The summed E-state index contributed by atoms with van der Waals surface area (Å²) in [4.78, 5) is 6.20. The van der Waals surface area contributed by atoms with Gasteiger partial charge in [0, 0.05) is 32.2 Å². The summed E-state index contributed by atoms with van der Waals surface area (Å²) in [5, 5.41) is 10.1. The quantitative estimate of drug-likeness (QED) is 0.797. The molecule has 1 N–H and O–H groups in total. The molecule has 3 rings (SSSR count). The molecule has 0 atom stereocenters. The van der Waals surface area contributed by atoms with E-state index >= 15 is 0 Å². The number of aromatic nitrogens is 1. The van der Waals surface area contributed by atoms with Gasteiger partial charge in [-0.25, -0.2) is 17.2 Å². The number of rotatable bonds is 5. The number of halogens is 2. The van der Waals surface area contributed by atoms with E-state index in [1.165, 1.54) is 10.4 Å². The van der Waals surface area contributed by atoms with Gasteiger partial charge in [-0.1, -0.05) is 6.92 Å². The molecule has 6 nitrogen and oxygen atoms in total. The normalized spacial score (nSPS) is 28.0. The van der Waals surface area contributed by atoms with Gasteiger partial charge in [-0.2, -0.15) is 4.31 Å². The van der Waals surface area contributed by atoms with Gasteiger partial charge in [0.25, 0.3) is 6.43 Å². The molecule has 0 unspecified atom stereocenters. The summed E-state index contributed by atoms with van der Waals surface area (Å²) in [5.41, 5.74) is -0.793. The Morgan fingerprint density at radius 2 is 1.82 bits per heavy atom. The molecule has 0 spiro atoms. The van der Waals surface area contributed by atoms with Crippen LogP contribution in [-0.2, 0) is 16.4 Å². The summed E-state index contributed by atoms with van der Waals surface area (Å²) in [5.74, 6) is 0. The van der Waals surface area contributed by atoms with Crippen molar-refractivity contribution in [3.05, 3.63) is 23.5 Å². The van der Waals surface area contributed by atoms with Crippen molar-refractivity contribution in [3.8, 4) is 0 Å². The van der Waals surface area contributed by atoms with Crippen LogP contribution in [0.2, 0.25) is 0 Å². The Kier molecular flexibility index (Phi) is 6.38. The first-order valence-electron chi connectivity index (χ1n) is 9.88. The number of sulfonamides is 1. The van der Waals surface area contributed by atoms with E-state index in [9.17, 15) is 22.3 Å². The first-order chi connectivity index (χ1) is 13.1. The molecule has 0 aromatic carbocycles. The van der Waals surface area contributed by atoms with Crippen LogP contribution in [0.4, 0.5) is 8.78 Å². The Balaban J connectivity index is 1.68. The van der Waals surface area contributed by atoms with Crippen LogP contribution in [-0.4, -0.2) is 65.5 Å². The number of alkyl halides is 2. The molecule has 1 aromatic heterocycles. The topological polar surface area (TPSA) is 73.7 Å². The smallest absolute Gasteiger partial charge is 0.280 e. The molecule has 1 aromatic rings. The van der Waals surface area contributed by atoms with Crippen molar-refractivity contribution in [1.82, 2.24) is 14.2 Å². The minimum Gasteiger partial charge on any atom is -0.390 e. The van der Waals surface area contributed by atoms with Crippen LogP contribution in [0.3, 0.4) is 0 Å². The Morgan fingerprint density at radius 3 is 2.36 bits per heavy atom. The third-order valence-electron chi connectivity index (χ3n) is 5.95. The second kappa shape index (κ2) is 8.30. The fourth-order valence-corrected chi connectivity index (χ4v) is 5.80. The van der Waals surface area contributed by atoms with Gasteiger partial charge in [-0.05, 0) is 51.2 Å². The number of pyridine rings is 1. The van der Waals surface area contributed by atoms with Gasteiger partial charge < -0.3 is 5.11 Å². The molecule has 0 amide bonds. The van der Waals surface area contributed by atoms with Gasteiger partial charge in [-0.3, -0.25) is 9.88 Å². The van der Waals surface area contributed by atoms with Crippen LogP contribution in [0.5, 0.6) is 0 Å². The molecule has 1 saturated carbocycles. The Hall–Kier alpha value is -1.16. The second-order valence-corrected chi connectivity index (χ2v) is 9.91. The minimum absolute atomic E-state index is 0.0292. The van der Waals surface area contributed by atoms with Gasteiger partial charge in [0.1, 0.15) is 10.6 Å². The predicted octanol–water partition coefficient (Wildman–Crippen LogP) is 2.58. The van der Waals surface area contributed by atoms with Gasteiger partial charge in [-0.15, -0.1) is 0 Å². The summed E-state index contributed by atoms with van der Waals surface area (Å²) in [7, 11) is -3.76. The lowest BCUT2D eigenvalue weighted by Crippen LogP contribution is -2.53. The molecule has 158 valence electrons. The van der Waals surface area contributed by atoms with Crippen molar-refractivity contribution in [3.63, 3.8) is 0 Å². The number of aliphatic hydroxyl groups is 1. The molecule has 9 heteroatoms. The molecular formula is C19H29F2N3O3S. The lowest BCUT2D eigenvalue weighted by atomic mass is 9.83. The van der Waals surface area contributed by atoms with Crippen LogP contribution in [0.25, 0.3) is 0 Å². The summed E-state index contributed by atoms with van der Waals surface area (Å²) < 4.78 is 53.3. The summed E-state index contributed by atoms with van der Waals surface area (Å²) in [6, 6.07) is 2.74. The number of hydrogen-bond donors (Lipinski definition) is 1. The van der Waals surface area contributed by atoms with Crippen LogP contribution in [0.15, 0.2) is 17.0 Å². The number of piperazine rings is 1. The highest BCUT2D eigenvalue weighted by Gasteiger charge is 2.36. The Labute approximate surface area is 165 Å². The first kappa shape index (κ1) is 21.5. The maximum Gasteiger partial charge on any atom is 0.280 e. The fourth-order valence-electron chi connectivity index (χ4n) is 4.15. The van der Waals surface area contributed by atoms with Crippen LogP contribution >= 0.6 is 0 Å². The van der Waals surface area contributed by atoms with E-state index < -0.39 is 27.7 Å². The van der Waals surface area contributed by atoms with Gasteiger partial charge in [0.2, 0.25) is 10.0 Å². The SMILES string of the molecule is CCc1nc(C(F)F)ccc1S(=O)(=O)N1CCN([C@H]2CC[C@](C)(O)CC2)CC1. The highest BCUT2D eigenvalue weighted by Crippen LogP contribution is 2.31. The van der Waals surface area contributed by atoms with E-state index in [1.807, 2.05) is 6.92 Å². The van der Waals surface area contributed by atoms with Gasteiger partial charge in [0.05, 0.1) is 11.3 Å². The average molecular weight is 418 g/mol. The van der Waals surface area contributed by atoms with Crippen LogP contribution < -0.4 is 0 Å². The Bertz CT molecular complexity index is 784. The molecule has 1 saturated heterocycles. The van der Waals surface area contributed by atoms with Crippen molar-refractivity contribution in [2.75, 3.05) is 26.2 Å². The highest BCUT2D eigenvalue weighted by molar-refractivity contribution is 7.89. The van der Waals surface area contributed by atoms with E-state index in [1.54, 1.807) is 6.92 Å². The van der Waals surface area contributed by atoms with Crippen molar-refractivity contribution < 1.29 is 22.3 Å². The maximum absolute atomic E-state index is 13.1. The van der Waals surface area contributed by atoms with E-state index in [2.05, 4.69) is 9.88 Å². The third kappa shape index (κ3) is 4.53. The van der Waals surface area contributed by atoms with E-state index in [-0.39, 0.29) is 17.0 Å². The molecule has 0 radical (unpaired) electrons. The molecule has 1 aliphatic carbocycles. The Morgan fingerprint density at radius 1 is 1.21 bits per heavy atom. The highest BCUT2D eigenvalue weighted by atomic mass is 32.2. The fraction of sp³-hybridized carbons (Fsp3) is 0.737. The summed E-state index contributed by atoms with van der Waals surface area (Å²) in [6.07, 6.45) is 0.909. The second-order valence-electron chi connectivity index (χ2n) is 8.00. The molecule has 2 fully saturated rings. The van der Waals surface area contributed by atoms with Crippen molar-refractivity contribution in [2.45, 2.75) is 68.9 Å². The zero-order valence-electron chi connectivity index (χ0n) is 16.4. The predicted molar refractivity (Wildman–Crippen MR) is 102 cm³/mol. The summed E-state index contributed by atoms with van der Waals surface area (Å²) >= 11 is 0. The van der Waals surface area contributed by atoms with Crippen LogP contribution in [0, 0.1) is 0 Å². The van der Waals surface area contributed by atoms with Crippen molar-refractivity contribution in [1.29, 1.82) is 0 Å². The zero-order valence-corrected chi connectivity index (χ0v) is 17.3. The zero-order chi connectivity index (χ0) is 20.5. The van der Waals surface area contributed by atoms with E-state index in [0.29, 0.717) is 32.2 Å². The molecular weight excluding hydrogens is 388 g/mol. The molecule has 2 heterocycles.